The van der Waals surface area contributed by atoms with Gasteiger partial charge in [0.1, 0.15) is 0 Å². The Morgan fingerprint density at radius 3 is 2.19 bits per heavy atom. The number of sulfone groups is 1. The van der Waals surface area contributed by atoms with Crippen LogP contribution in [0.1, 0.15) is 18.9 Å². The van der Waals surface area contributed by atoms with Crippen LogP contribution in [0.15, 0.2) is 29.2 Å². The van der Waals surface area contributed by atoms with Crippen molar-refractivity contribution in [2.45, 2.75) is 28.7 Å². The summed E-state index contributed by atoms with van der Waals surface area (Å²) in [4.78, 5) is 0.282. The Labute approximate surface area is 106 Å². The highest BCUT2D eigenvalue weighted by molar-refractivity contribution is 8.16. The summed E-state index contributed by atoms with van der Waals surface area (Å²) >= 11 is 7.30. The zero-order valence-electron chi connectivity index (χ0n) is 9.53. The van der Waals surface area contributed by atoms with Gasteiger partial charge in [0.2, 0.25) is 9.84 Å². The fourth-order valence-corrected chi connectivity index (χ4v) is 4.29. The molecule has 0 spiro atoms. The summed E-state index contributed by atoms with van der Waals surface area (Å²) in [6.45, 7) is 3.69. The van der Waals surface area contributed by atoms with E-state index in [1.807, 2.05) is 6.92 Å². The van der Waals surface area contributed by atoms with Crippen LogP contribution in [0.5, 0.6) is 0 Å². The van der Waals surface area contributed by atoms with Gasteiger partial charge in [-0.15, -0.1) is 11.8 Å². The summed E-state index contributed by atoms with van der Waals surface area (Å²) < 4.78 is 23.3. The first-order valence-electron chi connectivity index (χ1n) is 4.92. The lowest BCUT2D eigenvalue weighted by Crippen LogP contribution is -2.28. The minimum Gasteiger partial charge on any atom is -0.221 e. The quantitative estimate of drug-likeness (QED) is 0.792. The molecule has 0 heterocycles. The van der Waals surface area contributed by atoms with Crippen molar-refractivity contribution in [2.75, 3.05) is 6.26 Å². The molecule has 5 heteroatoms. The van der Waals surface area contributed by atoms with Crippen molar-refractivity contribution in [3.05, 3.63) is 29.8 Å². The molecule has 0 fully saturated rings. The lowest BCUT2D eigenvalue weighted by molar-refractivity contribution is 0.587. The summed E-state index contributed by atoms with van der Waals surface area (Å²) in [6.07, 6.45) is 2.08. The molecule has 90 valence electrons. The molecule has 1 aromatic rings. The number of thioether (sulfide) groups is 1. The molecule has 1 unspecified atom stereocenters. The Morgan fingerprint density at radius 1 is 1.31 bits per heavy atom. The maximum atomic E-state index is 12.3. The minimum absolute atomic E-state index is 0.282. The van der Waals surface area contributed by atoms with Gasteiger partial charge in [-0.2, -0.15) is 0 Å². The van der Waals surface area contributed by atoms with E-state index in [-0.39, 0.29) is 4.90 Å². The Morgan fingerprint density at radius 2 is 1.81 bits per heavy atom. The maximum absolute atomic E-state index is 12.3. The van der Waals surface area contributed by atoms with Crippen LogP contribution in [-0.4, -0.2) is 18.2 Å². The van der Waals surface area contributed by atoms with Crippen molar-refractivity contribution in [3.63, 3.8) is 0 Å². The monoisotopic (exact) mass is 278 g/mol. The van der Waals surface area contributed by atoms with Gasteiger partial charge in [0, 0.05) is 0 Å². The van der Waals surface area contributed by atoms with Crippen LogP contribution < -0.4 is 0 Å². The highest BCUT2D eigenvalue weighted by Crippen LogP contribution is 2.41. The van der Waals surface area contributed by atoms with Crippen LogP contribution >= 0.6 is 23.4 Å². The van der Waals surface area contributed by atoms with E-state index in [1.165, 1.54) is 0 Å². The molecule has 0 N–H and O–H groups in total. The number of alkyl halides is 1. The van der Waals surface area contributed by atoms with Gasteiger partial charge >= 0.3 is 0 Å². The third kappa shape index (κ3) is 2.39. The van der Waals surface area contributed by atoms with Gasteiger partial charge in [0.05, 0.1) is 4.90 Å². The lowest BCUT2D eigenvalue weighted by atomic mass is 10.2. The average Bonchev–Trinajstić information content (AvgIpc) is 2.28. The Bertz CT molecular complexity index is 447. The van der Waals surface area contributed by atoms with Crippen molar-refractivity contribution in [2.24, 2.45) is 0 Å². The Balaban J connectivity index is 3.26. The number of aryl methyl sites for hydroxylation is 1. The van der Waals surface area contributed by atoms with Gasteiger partial charge in [0.25, 0.3) is 0 Å². The van der Waals surface area contributed by atoms with Crippen molar-refractivity contribution < 1.29 is 8.42 Å². The highest BCUT2D eigenvalue weighted by Gasteiger charge is 2.40. The van der Waals surface area contributed by atoms with E-state index < -0.39 is 13.4 Å². The van der Waals surface area contributed by atoms with E-state index in [9.17, 15) is 8.42 Å². The van der Waals surface area contributed by atoms with E-state index >= 15 is 0 Å². The predicted molar refractivity (Wildman–Crippen MR) is 70.8 cm³/mol. The largest absolute Gasteiger partial charge is 0.221 e. The zero-order chi connectivity index (χ0) is 12.4. The van der Waals surface area contributed by atoms with Gasteiger partial charge in [0.15, 0.2) is 3.54 Å². The van der Waals surface area contributed by atoms with Crippen LogP contribution in [0.4, 0.5) is 0 Å². The van der Waals surface area contributed by atoms with E-state index in [2.05, 4.69) is 0 Å². The minimum atomic E-state index is -3.49. The van der Waals surface area contributed by atoms with Crippen molar-refractivity contribution >= 4 is 33.2 Å². The summed E-state index contributed by atoms with van der Waals surface area (Å²) in [5, 5.41) is 0. The molecule has 16 heavy (non-hydrogen) atoms. The third-order valence-corrected chi connectivity index (χ3v) is 7.84. The molecule has 0 aliphatic carbocycles. The SMILES string of the molecule is CCC(Cl)(SC)S(=O)(=O)c1ccc(C)cc1. The predicted octanol–water partition coefficient (Wildman–Crippen LogP) is 3.43. The summed E-state index contributed by atoms with van der Waals surface area (Å²) in [5.74, 6) is 0. The normalized spacial score (nSPS) is 15.8. The van der Waals surface area contributed by atoms with Crippen LogP contribution in [0.25, 0.3) is 0 Å². The lowest BCUT2D eigenvalue weighted by Gasteiger charge is -2.23. The fourth-order valence-electron chi connectivity index (χ4n) is 1.34. The van der Waals surface area contributed by atoms with Crippen LogP contribution in [0.2, 0.25) is 0 Å². The number of benzene rings is 1. The smallest absolute Gasteiger partial charge is 0.207 e. The van der Waals surface area contributed by atoms with Crippen LogP contribution in [0, 0.1) is 6.92 Å². The summed E-state index contributed by atoms with van der Waals surface area (Å²) in [7, 11) is -3.49. The number of hydrogen-bond donors (Lipinski definition) is 0. The van der Waals surface area contributed by atoms with Crippen molar-refractivity contribution in [1.82, 2.24) is 0 Å². The number of halogens is 1. The Kier molecular flexibility index (Phi) is 4.32. The molecule has 0 bridgehead atoms. The van der Waals surface area contributed by atoms with E-state index in [0.29, 0.717) is 6.42 Å². The van der Waals surface area contributed by atoms with E-state index in [4.69, 9.17) is 11.6 Å². The molecule has 0 radical (unpaired) electrons. The number of hydrogen-bond acceptors (Lipinski definition) is 3. The third-order valence-electron chi connectivity index (χ3n) is 2.46. The molecule has 0 aliphatic heterocycles. The first-order chi connectivity index (χ1) is 7.37. The molecule has 0 aliphatic rings. The fraction of sp³-hybridized carbons (Fsp3) is 0.455. The van der Waals surface area contributed by atoms with Gasteiger partial charge in [-0.3, -0.25) is 0 Å². The first kappa shape index (κ1) is 13.9. The molecular weight excluding hydrogens is 264 g/mol. The standard InChI is InChI=1S/C11H15ClO2S2/c1-4-11(12,15-3)16(13,14)10-7-5-9(2)6-8-10/h5-8H,4H2,1-3H3. The molecular formula is C11H15ClO2S2. The van der Waals surface area contributed by atoms with Gasteiger partial charge in [-0.1, -0.05) is 36.2 Å². The highest BCUT2D eigenvalue weighted by atomic mass is 35.5. The second-order valence-electron chi connectivity index (χ2n) is 3.53. The van der Waals surface area contributed by atoms with Gasteiger partial charge in [-0.05, 0) is 31.7 Å². The topological polar surface area (TPSA) is 34.1 Å². The van der Waals surface area contributed by atoms with E-state index in [0.717, 1.165) is 17.3 Å². The summed E-state index contributed by atoms with van der Waals surface area (Å²) in [6, 6.07) is 6.77. The zero-order valence-corrected chi connectivity index (χ0v) is 11.9. The molecule has 1 atom stereocenters. The van der Waals surface area contributed by atoms with Crippen molar-refractivity contribution in [1.29, 1.82) is 0 Å². The Hall–Kier alpha value is -0.190. The number of rotatable bonds is 4. The molecule has 1 rings (SSSR count). The first-order valence-corrected chi connectivity index (χ1v) is 8.01. The molecule has 1 aromatic carbocycles. The van der Waals surface area contributed by atoms with Gasteiger partial charge < -0.3 is 0 Å². The summed E-state index contributed by atoms with van der Waals surface area (Å²) in [5.41, 5.74) is 1.03. The molecule has 0 amide bonds. The van der Waals surface area contributed by atoms with Gasteiger partial charge in [-0.25, -0.2) is 8.42 Å². The maximum Gasteiger partial charge on any atom is 0.207 e. The molecule has 0 aromatic heterocycles. The molecule has 2 nitrogen and oxygen atoms in total. The second-order valence-corrected chi connectivity index (χ2v) is 8.17. The van der Waals surface area contributed by atoms with E-state index in [1.54, 1.807) is 37.4 Å². The van der Waals surface area contributed by atoms with Crippen LogP contribution in [-0.2, 0) is 9.84 Å². The second kappa shape index (κ2) is 4.98. The van der Waals surface area contributed by atoms with Crippen LogP contribution in [0.3, 0.4) is 0 Å². The average molecular weight is 279 g/mol. The molecule has 0 saturated carbocycles. The van der Waals surface area contributed by atoms with Crippen molar-refractivity contribution in [3.8, 4) is 0 Å². The molecule has 0 saturated heterocycles.